The Morgan fingerprint density at radius 1 is 1.07 bits per heavy atom. The van der Waals surface area contributed by atoms with Crippen LogP contribution in [0.5, 0.6) is 5.75 Å². The van der Waals surface area contributed by atoms with E-state index in [0.29, 0.717) is 28.9 Å². The predicted molar refractivity (Wildman–Crippen MR) is 155 cm³/mol. The summed E-state index contributed by atoms with van der Waals surface area (Å²) in [6.45, 7) is 5.41. The number of benzene rings is 2. The van der Waals surface area contributed by atoms with Crippen molar-refractivity contribution in [1.82, 2.24) is 14.9 Å². The largest absolute Gasteiger partial charge is 0.494 e. The van der Waals surface area contributed by atoms with Crippen molar-refractivity contribution in [3.05, 3.63) is 101 Å². The number of ether oxygens (including phenoxy) is 2. The number of rotatable bonds is 6. The molecule has 4 aromatic rings. The monoisotopic (exact) mass is 570 g/mol. The Morgan fingerprint density at radius 2 is 1.83 bits per heavy atom. The van der Waals surface area contributed by atoms with Crippen LogP contribution in [-0.2, 0) is 17.7 Å². The van der Waals surface area contributed by atoms with Crippen molar-refractivity contribution in [2.24, 2.45) is 0 Å². The quantitative estimate of drug-likeness (QED) is 0.294. The zero-order chi connectivity index (χ0) is 30.0. The topological polar surface area (TPSA) is 114 Å². The third-order valence-corrected chi connectivity index (χ3v) is 6.72. The average molecular weight is 571 g/mol. The van der Waals surface area contributed by atoms with E-state index in [1.807, 2.05) is 30.3 Å². The van der Waals surface area contributed by atoms with Crippen LogP contribution in [0.4, 0.5) is 15.0 Å². The first kappa shape index (κ1) is 28.5. The summed E-state index contributed by atoms with van der Waals surface area (Å²) in [5.41, 5.74) is 3.84. The Morgan fingerprint density at radius 3 is 2.55 bits per heavy atom. The van der Waals surface area contributed by atoms with Gasteiger partial charge in [0.1, 0.15) is 11.4 Å². The van der Waals surface area contributed by atoms with Crippen LogP contribution in [0.1, 0.15) is 58.3 Å². The molecule has 0 bridgehead atoms. The standard InChI is InChI=1S/C32H31FN4O5/c1-32(2,3)42-31(40)37-17-24-28(25(38)18-37)22(14-19-8-6-5-7-9-19)29(35-24)20-12-13-34-27(16-20)36-30(39)21-10-11-23(33)26(15-21)41-4/h5-13,15-16,35H,14,17-18H2,1-4H3,(H,34,36,39). The minimum absolute atomic E-state index is 0.0445. The Hall–Kier alpha value is -4.99. The number of aromatic amines is 1. The van der Waals surface area contributed by atoms with Gasteiger partial charge in [-0.1, -0.05) is 30.3 Å². The number of hydrogen-bond donors (Lipinski definition) is 2. The van der Waals surface area contributed by atoms with Gasteiger partial charge in [-0.3, -0.25) is 14.5 Å². The van der Waals surface area contributed by atoms with Crippen molar-refractivity contribution >= 4 is 23.6 Å². The number of aromatic nitrogens is 2. The summed E-state index contributed by atoms with van der Waals surface area (Å²) < 4.78 is 24.3. The van der Waals surface area contributed by atoms with E-state index in [0.717, 1.165) is 17.2 Å². The zero-order valence-electron chi connectivity index (χ0n) is 23.8. The second kappa shape index (κ2) is 11.5. The van der Waals surface area contributed by atoms with Gasteiger partial charge < -0.3 is 19.8 Å². The van der Waals surface area contributed by atoms with Crippen molar-refractivity contribution in [3.8, 4) is 17.0 Å². The maximum absolute atomic E-state index is 13.8. The number of halogens is 1. The van der Waals surface area contributed by atoms with Crippen LogP contribution in [-0.4, -0.2) is 51.9 Å². The molecule has 5 rings (SSSR count). The van der Waals surface area contributed by atoms with E-state index in [2.05, 4.69) is 15.3 Å². The fourth-order valence-corrected chi connectivity index (χ4v) is 4.87. The molecule has 0 saturated carbocycles. The molecule has 0 atom stereocenters. The number of ketones is 1. The molecule has 0 unspecified atom stereocenters. The second-order valence-electron chi connectivity index (χ2n) is 11.0. The number of pyridine rings is 1. The summed E-state index contributed by atoms with van der Waals surface area (Å²) in [5, 5.41) is 2.74. The third kappa shape index (κ3) is 6.17. The molecule has 42 heavy (non-hydrogen) atoms. The Balaban J connectivity index is 1.50. The van der Waals surface area contributed by atoms with Crippen molar-refractivity contribution in [2.45, 2.75) is 39.3 Å². The number of hydrogen-bond acceptors (Lipinski definition) is 6. The molecule has 9 nitrogen and oxygen atoms in total. The van der Waals surface area contributed by atoms with E-state index in [4.69, 9.17) is 9.47 Å². The van der Waals surface area contributed by atoms with Crippen molar-refractivity contribution < 1.29 is 28.2 Å². The molecule has 0 spiro atoms. The molecule has 2 amide bonds. The Kier molecular flexibility index (Phi) is 7.80. The molecule has 10 heteroatoms. The third-order valence-electron chi connectivity index (χ3n) is 6.72. The molecular formula is C32H31FN4O5. The first-order valence-electron chi connectivity index (χ1n) is 13.4. The molecule has 0 aliphatic carbocycles. The highest BCUT2D eigenvalue weighted by atomic mass is 19.1. The van der Waals surface area contributed by atoms with Crippen LogP contribution in [0.3, 0.4) is 0 Å². The van der Waals surface area contributed by atoms with E-state index < -0.39 is 23.4 Å². The molecule has 0 saturated heterocycles. The van der Waals surface area contributed by atoms with Gasteiger partial charge in [-0.05, 0) is 62.2 Å². The molecule has 2 N–H and O–H groups in total. The van der Waals surface area contributed by atoms with Gasteiger partial charge in [0.05, 0.1) is 25.9 Å². The van der Waals surface area contributed by atoms with Gasteiger partial charge in [0.15, 0.2) is 17.3 Å². The summed E-state index contributed by atoms with van der Waals surface area (Å²) in [4.78, 5) is 48.3. The number of fused-ring (bicyclic) bond motifs is 1. The highest BCUT2D eigenvalue weighted by Gasteiger charge is 2.34. The SMILES string of the molecule is COc1cc(C(=O)Nc2cc(-c3[nH]c4c(c3Cc3ccccc3)C(=O)CN(C(=O)OC(C)(C)C)C4)ccn2)ccc1F. The number of H-pyrrole nitrogens is 1. The summed E-state index contributed by atoms with van der Waals surface area (Å²) >= 11 is 0. The molecule has 1 aliphatic heterocycles. The van der Waals surface area contributed by atoms with Crippen molar-refractivity contribution in [3.63, 3.8) is 0 Å². The lowest BCUT2D eigenvalue weighted by atomic mass is 9.93. The lowest BCUT2D eigenvalue weighted by Crippen LogP contribution is -2.42. The number of carbonyl (C=O) groups is 3. The van der Waals surface area contributed by atoms with Gasteiger partial charge in [-0.2, -0.15) is 0 Å². The van der Waals surface area contributed by atoms with E-state index in [1.165, 1.54) is 24.1 Å². The van der Waals surface area contributed by atoms with E-state index in [-0.39, 0.29) is 36.0 Å². The lowest BCUT2D eigenvalue weighted by Gasteiger charge is -2.29. The lowest BCUT2D eigenvalue weighted by molar-refractivity contribution is 0.0218. The van der Waals surface area contributed by atoms with Gasteiger partial charge >= 0.3 is 6.09 Å². The van der Waals surface area contributed by atoms with Crippen LogP contribution in [0.15, 0.2) is 66.9 Å². The minimum atomic E-state index is -0.698. The first-order chi connectivity index (χ1) is 20.0. The number of methoxy groups -OCH3 is 1. The molecular weight excluding hydrogens is 539 g/mol. The van der Waals surface area contributed by atoms with Gasteiger partial charge in [0.2, 0.25) is 0 Å². The maximum atomic E-state index is 13.8. The number of Topliss-reactive ketones (excluding diaryl/α,β-unsaturated/α-hetero) is 1. The molecule has 2 aromatic carbocycles. The maximum Gasteiger partial charge on any atom is 0.411 e. The number of nitrogens with zero attached hydrogens (tertiary/aromatic N) is 2. The molecule has 3 heterocycles. The number of amides is 2. The zero-order valence-corrected chi connectivity index (χ0v) is 23.8. The minimum Gasteiger partial charge on any atom is -0.494 e. The normalized spacial score (nSPS) is 13.0. The van der Waals surface area contributed by atoms with Gasteiger partial charge in [-0.15, -0.1) is 0 Å². The fourth-order valence-electron chi connectivity index (χ4n) is 4.87. The number of carbonyl (C=O) groups excluding carboxylic acids is 3. The van der Waals surface area contributed by atoms with Crippen LogP contribution in [0, 0.1) is 5.82 Å². The summed E-state index contributed by atoms with van der Waals surface area (Å²) in [6.07, 6.45) is 1.46. The van der Waals surface area contributed by atoms with Gasteiger partial charge in [0, 0.05) is 35.0 Å². The van der Waals surface area contributed by atoms with Gasteiger partial charge in [0.25, 0.3) is 5.91 Å². The number of anilines is 1. The predicted octanol–water partition coefficient (Wildman–Crippen LogP) is 6.00. The van der Waals surface area contributed by atoms with Crippen LogP contribution < -0.4 is 10.1 Å². The average Bonchev–Trinajstić information content (AvgIpc) is 3.31. The summed E-state index contributed by atoms with van der Waals surface area (Å²) in [5.74, 6) is -1.03. The molecule has 0 fully saturated rings. The van der Waals surface area contributed by atoms with E-state index >= 15 is 0 Å². The van der Waals surface area contributed by atoms with E-state index in [1.54, 1.807) is 39.1 Å². The first-order valence-corrected chi connectivity index (χ1v) is 13.4. The molecule has 0 radical (unpaired) electrons. The van der Waals surface area contributed by atoms with E-state index in [9.17, 15) is 18.8 Å². The Labute approximate surface area is 242 Å². The van der Waals surface area contributed by atoms with Crippen LogP contribution in [0.25, 0.3) is 11.3 Å². The molecule has 1 aliphatic rings. The molecule has 216 valence electrons. The second-order valence-corrected chi connectivity index (χ2v) is 11.0. The van der Waals surface area contributed by atoms with Crippen LogP contribution >= 0.6 is 0 Å². The molecule has 2 aromatic heterocycles. The number of nitrogens with one attached hydrogen (secondary N) is 2. The van der Waals surface area contributed by atoms with Crippen molar-refractivity contribution in [2.75, 3.05) is 19.0 Å². The van der Waals surface area contributed by atoms with Gasteiger partial charge in [-0.25, -0.2) is 14.2 Å². The highest BCUT2D eigenvalue weighted by Crippen LogP contribution is 2.34. The van der Waals surface area contributed by atoms with Crippen molar-refractivity contribution in [1.29, 1.82) is 0 Å². The Bertz CT molecular complexity index is 1660. The van der Waals surface area contributed by atoms with Crippen LogP contribution in [0.2, 0.25) is 0 Å². The highest BCUT2D eigenvalue weighted by molar-refractivity contribution is 6.05. The fraction of sp³-hybridized carbons (Fsp3) is 0.250. The summed E-state index contributed by atoms with van der Waals surface area (Å²) in [7, 11) is 1.32. The summed E-state index contributed by atoms with van der Waals surface area (Å²) in [6, 6.07) is 17.1. The smallest absolute Gasteiger partial charge is 0.411 e.